The lowest BCUT2D eigenvalue weighted by molar-refractivity contribution is 0.577. The highest BCUT2D eigenvalue weighted by Gasteiger charge is 2.07. The predicted molar refractivity (Wildman–Crippen MR) is 77.9 cm³/mol. The molecule has 1 atom stereocenters. The van der Waals surface area contributed by atoms with Gasteiger partial charge in [-0.15, -0.1) is 11.3 Å². The fourth-order valence-electron chi connectivity index (χ4n) is 1.90. The van der Waals surface area contributed by atoms with Gasteiger partial charge in [0.2, 0.25) is 0 Å². The Morgan fingerprint density at radius 3 is 2.56 bits per heavy atom. The Morgan fingerprint density at radius 2 is 2.00 bits per heavy atom. The molecule has 2 aromatic rings. The lowest BCUT2D eigenvalue weighted by atomic mass is 10.1. The van der Waals surface area contributed by atoms with Crippen molar-refractivity contribution in [2.45, 2.75) is 39.8 Å². The van der Waals surface area contributed by atoms with Gasteiger partial charge in [0.05, 0.1) is 11.2 Å². The van der Waals surface area contributed by atoms with Crippen LogP contribution in [0.25, 0.3) is 0 Å². The van der Waals surface area contributed by atoms with Crippen molar-refractivity contribution in [1.82, 2.24) is 10.3 Å². The normalized spacial score (nSPS) is 12.6. The molecule has 3 heteroatoms. The van der Waals surface area contributed by atoms with Gasteiger partial charge in [0, 0.05) is 17.5 Å². The van der Waals surface area contributed by atoms with Crippen LogP contribution in [-0.4, -0.2) is 4.98 Å². The summed E-state index contributed by atoms with van der Waals surface area (Å²) in [5, 5.41) is 3.55. The summed E-state index contributed by atoms with van der Waals surface area (Å²) in [6, 6.07) is 9.24. The number of hydrogen-bond donors (Lipinski definition) is 1. The molecule has 0 amide bonds. The van der Waals surface area contributed by atoms with Gasteiger partial charge in [-0.1, -0.05) is 31.2 Å². The Labute approximate surface area is 113 Å². The van der Waals surface area contributed by atoms with E-state index in [9.17, 15) is 0 Å². The number of nitrogens with one attached hydrogen (secondary N) is 1. The third-order valence-corrected chi connectivity index (χ3v) is 4.24. The van der Waals surface area contributed by atoms with Crippen LogP contribution in [0.4, 0.5) is 0 Å². The van der Waals surface area contributed by atoms with E-state index in [1.54, 1.807) is 11.3 Å². The van der Waals surface area contributed by atoms with E-state index in [2.05, 4.69) is 55.3 Å². The molecule has 0 fully saturated rings. The quantitative estimate of drug-likeness (QED) is 0.883. The van der Waals surface area contributed by atoms with Crippen molar-refractivity contribution >= 4 is 11.3 Å². The number of thiazole rings is 1. The van der Waals surface area contributed by atoms with Crippen LogP contribution in [0.2, 0.25) is 0 Å². The van der Waals surface area contributed by atoms with E-state index in [0.29, 0.717) is 6.04 Å². The van der Waals surface area contributed by atoms with Gasteiger partial charge >= 0.3 is 0 Å². The minimum Gasteiger partial charge on any atom is -0.305 e. The molecule has 18 heavy (non-hydrogen) atoms. The van der Waals surface area contributed by atoms with Gasteiger partial charge in [0.25, 0.3) is 0 Å². The number of hydrogen-bond acceptors (Lipinski definition) is 3. The Morgan fingerprint density at radius 1 is 1.28 bits per heavy atom. The summed E-state index contributed by atoms with van der Waals surface area (Å²) < 4.78 is 0. The molecule has 0 saturated carbocycles. The Hall–Kier alpha value is -1.19. The van der Waals surface area contributed by atoms with Crippen molar-refractivity contribution in [2.24, 2.45) is 0 Å². The fourth-order valence-corrected chi connectivity index (χ4v) is 2.63. The molecule has 1 N–H and O–H groups in total. The van der Waals surface area contributed by atoms with Gasteiger partial charge in [-0.3, -0.25) is 0 Å². The van der Waals surface area contributed by atoms with Crippen LogP contribution in [0.5, 0.6) is 0 Å². The van der Waals surface area contributed by atoms with E-state index in [-0.39, 0.29) is 0 Å². The zero-order valence-electron chi connectivity index (χ0n) is 11.2. The maximum atomic E-state index is 4.27. The van der Waals surface area contributed by atoms with Crippen LogP contribution < -0.4 is 5.32 Å². The summed E-state index contributed by atoms with van der Waals surface area (Å²) in [5.74, 6) is 0. The van der Waals surface area contributed by atoms with Gasteiger partial charge in [-0.2, -0.15) is 0 Å². The van der Waals surface area contributed by atoms with Gasteiger partial charge in [-0.25, -0.2) is 4.98 Å². The van der Waals surface area contributed by atoms with Gasteiger partial charge in [0.1, 0.15) is 0 Å². The summed E-state index contributed by atoms with van der Waals surface area (Å²) in [6.07, 6.45) is 1.10. The van der Waals surface area contributed by atoms with Crippen molar-refractivity contribution in [3.05, 3.63) is 51.5 Å². The Bertz CT molecular complexity index is 487. The second kappa shape index (κ2) is 6.12. The molecule has 0 saturated heterocycles. The zero-order chi connectivity index (χ0) is 13.0. The molecule has 0 aliphatic carbocycles. The molecule has 1 aromatic heterocycles. The van der Waals surface area contributed by atoms with E-state index in [1.807, 2.05) is 5.51 Å². The first-order valence-corrected chi connectivity index (χ1v) is 7.30. The third kappa shape index (κ3) is 3.18. The molecule has 0 radical (unpaired) electrons. The Kier molecular flexibility index (Phi) is 4.50. The summed E-state index contributed by atoms with van der Waals surface area (Å²) >= 11 is 1.72. The molecular weight excluding hydrogens is 240 g/mol. The number of aromatic nitrogens is 1. The predicted octanol–water partition coefficient (Wildman–Crippen LogP) is 3.86. The largest absolute Gasteiger partial charge is 0.305 e. The van der Waals surface area contributed by atoms with Crippen LogP contribution >= 0.6 is 11.3 Å². The average Bonchev–Trinajstić information content (AvgIpc) is 2.81. The summed E-state index contributed by atoms with van der Waals surface area (Å²) in [5.41, 5.74) is 5.78. The third-order valence-electron chi connectivity index (χ3n) is 3.30. The molecule has 1 aromatic carbocycles. The molecule has 1 unspecified atom stereocenters. The maximum absolute atomic E-state index is 4.27. The van der Waals surface area contributed by atoms with E-state index in [1.165, 1.54) is 16.0 Å². The Balaban J connectivity index is 1.94. The van der Waals surface area contributed by atoms with Crippen LogP contribution in [-0.2, 0) is 13.0 Å². The summed E-state index contributed by atoms with van der Waals surface area (Å²) in [6.45, 7) is 7.35. The highest BCUT2D eigenvalue weighted by atomic mass is 32.1. The first kappa shape index (κ1) is 13.2. The second-order valence-corrected chi connectivity index (χ2v) is 5.50. The zero-order valence-corrected chi connectivity index (χ0v) is 12.1. The van der Waals surface area contributed by atoms with E-state index >= 15 is 0 Å². The van der Waals surface area contributed by atoms with Gasteiger partial charge in [0.15, 0.2) is 0 Å². The van der Waals surface area contributed by atoms with Crippen molar-refractivity contribution in [3.63, 3.8) is 0 Å². The molecule has 2 rings (SSSR count). The van der Waals surface area contributed by atoms with Gasteiger partial charge < -0.3 is 5.32 Å². The van der Waals surface area contributed by atoms with E-state index < -0.39 is 0 Å². The maximum Gasteiger partial charge on any atom is 0.0798 e. The molecule has 2 nitrogen and oxygen atoms in total. The first-order chi connectivity index (χ1) is 8.70. The SMILES string of the molecule is CCc1ccc(C(C)NCc2scnc2C)cc1. The van der Waals surface area contributed by atoms with Crippen LogP contribution in [0.15, 0.2) is 29.8 Å². The van der Waals surface area contributed by atoms with Crippen molar-refractivity contribution < 1.29 is 0 Å². The molecule has 96 valence electrons. The molecule has 0 bridgehead atoms. The van der Waals surface area contributed by atoms with Crippen LogP contribution in [0.3, 0.4) is 0 Å². The summed E-state index contributed by atoms with van der Waals surface area (Å²) in [7, 11) is 0. The average molecular weight is 260 g/mol. The van der Waals surface area contributed by atoms with E-state index in [4.69, 9.17) is 0 Å². The van der Waals surface area contributed by atoms with E-state index in [0.717, 1.165) is 18.7 Å². The molecule has 0 aliphatic rings. The van der Waals surface area contributed by atoms with Crippen molar-refractivity contribution in [1.29, 1.82) is 0 Å². The number of nitrogens with zero attached hydrogens (tertiary/aromatic N) is 1. The summed E-state index contributed by atoms with van der Waals surface area (Å²) in [4.78, 5) is 5.59. The number of aryl methyl sites for hydroxylation is 2. The first-order valence-electron chi connectivity index (χ1n) is 6.42. The standard InChI is InChI=1S/C15H20N2S/c1-4-13-5-7-14(8-6-13)11(2)16-9-15-12(3)17-10-18-15/h5-8,10-11,16H,4,9H2,1-3H3. The highest BCUT2D eigenvalue weighted by molar-refractivity contribution is 7.09. The number of rotatable bonds is 5. The minimum atomic E-state index is 0.373. The smallest absolute Gasteiger partial charge is 0.0798 e. The monoisotopic (exact) mass is 260 g/mol. The minimum absolute atomic E-state index is 0.373. The lowest BCUT2D eigenvalue weighted by Gasteiger charge is -2.14. The molecular formula is C15H20N2S. The lowest BCUT2D eigenvalue weighted by Crippen LogP contribution is -2.17. The molecule has 0 spiro atoms. The van der Waals surface area contributed by atoms with Crippen LogP contribution in [0.1, 0.15) is 41.6 Å². The van der Waals surface area contributed by atoms with Gasteiger partial charge in [-0.05, 0) is 31.4 Å². The molecule has 1 heterocycles. The molecule has 0 aliphatic heterocycles. The topological polar surface area (TPSA) is 24.9 Å². The second-order valence-electron chi connectivity index (χ2n) is 4.56. The fraction of sp³-hybridized carbons (Fsp3) is 0.400. The number of benzene rings is 1. The van der Waals surface area contributed by atoms with Crippen LogP contribution in [0, 0.1) is 6.92 Å². The highest BCUT2D eigenvalue weighted by Crippen LogP contribution is 2.17. The van der Waals surface area contributed by atoms with Crippen molar-refractivity contribution in [2.75, 3.05) is 0 Å². The van der Waals surface area contributed by atoms with Crippen molar-refractivity contribution in [3.8, 4) is 0 Å².